The van der Waals surface area contributed by atoms with Crippen molar-refractivity contribution in [2.75, 3.05) is 19.8 Å². The zero-order chi connectivity index (χ0) is 17.2. The van der Waals surface area contributed by atoms with Gasteiger partial charge in [-0.3, -0.25) is 0 Å². The summed E-state index contributed by atoms with van der Waals surface area (Å²) < 4.78 is 17.7. The largest absolute Gasteiger partial charge is 0.396 e. The predicted molar refractivity (Wildman–Crippen MR) is 97.9 cm³/mol. The predicted octanol–water partition coefficient (Wildman–Crippen LogP) is 4.60. The molecule has 5 heteroatoms. The molecule has 3 rings (SSSR count). The number of aliphatic hydroxyl groups is 1. The highest BCUT2D eigenvalue weighted by Gasteiger charge is 2.21. The normalized spacial score (nSPS) is 25.5. The first-order valence-electron chi connectivity index (χ1n) is 8.94. The van der Waals surface area contributed by atoms with E-state index in [1.807, 2.05) is 31.2 Å². The van der Waals surface area contributed by atoms with Crippen LogP contribution in [0.4, 0.5) is 0 Å². The third-order valence-electron chi connectivity index (χ3n) is 4.29. The number of halogens is 1. The van der Waals surface area contributed by atoms with Gasteiger partial charge in [-0.15, -0.1) is 0 Å². The first kappa shape index (κ1) is 19.9. The SMILES string of the molecule is C1CCC(OC2CCCCO2)OC1.CC(CO)c1ccccc1Br. The maximum absolute atomic E-state index is 8.89. The molecule has 136 valence electrons. The summed E-state index contributed by atoms with van der Waals surface area (Å²) in [5, 5.41) is 8.89. The van der Waals surface area contributed by atoms with Crippen LogP contribution < -0.4 is 0 Å². The van der Waals surface area contributed by atoms with Crippen LogP contribution in [0, 0.1) is 0 Å². The minimum atomic E-state index is -0.00292. The Morgan fingerprint density at radius 3 is 2.12 bits per heavy atom. The molecule has 2 heterocycles. The highest BCUT2D eigenvalue weighted by Crippen LogP contribution is 2.23. The molecule has 2 aliphatic heterocycles. The van der Waals surface area contributed by atoms with Gasteiger partial charge in [0.05, 0.1) is 0 Å². The molecule has 1 aromatic rings. The summed E-state index contributed by atoms with van der Waals surface area (Å²) in [6, 6.07) is 7.95. The van der Waals surface area contributed by atoms with E-state index in [4.69, 9.17) is 19.3 Å². The second-order valence-corrected chi connectivity index (χ2v) is 7.19. The summed E-state index contributed by atoms with van der Waals surface area (Å²) in [6.45, 7) is 3.89. The molecule has 2 fully saturated rings. The molecule has 3 atom stereocenters. The van der Waals surface area contributed by atoms with E-state index in [1.54, 1.807) is 0 Å². The lowest BCUT2D eigenvalue weighted by Crippen LogP contribution is -2.31. The zero-order valence-corrected chi connectivity index (χ0v) is 16.0. The molecule has 2 aliphatic rings. The van der Waals surface area contributed by atoms with Gasteiger partial charge >= 0.3 is 0 Å². The van der Waals surface area contributed by atoms with Gasteiger partial charge in [0.1, 0.15) is 0 Å². The second-order valence-electron chi connectivity index (χ2n) is 6.33. The maximum atomic E-state index is 8.89. The average molecular weight is 401 g/mol. The average Bonchev–Trinajstić information content (AvgIpc) is 2.64. The van der Waals surface area contributed by atoms with Crippen LogP contribution in [0.2, 0.25) is 0 Å². The number of ether oxygens (including phenoxy) is 3. The van der Waals surface area contributed by atoms with Gasteiger partial charge in [0, 0.05) is 30.2 Å². The Balaban J connectivity index is 0.000000177. The van der Waals surface area contributed by atoms with Crippen molar-refractivity contribution < 1.29 is 19.3 Å². The van der Waals surface area contributed by atoms with E-state index >= 15 is 0 Å². The molecule has 1 aromatic carbocycles. The molecule has 3 unspecified atom stereocenters. The van der Waals surface area contributed by atoms with Gasteiger partial charge in [-0.05, 0) is 50.2 Å². The molecule has 24 heavy (non-hydrogen) atoms. The van der Waals surface area contributed by atoms with Crippen molar-refractivity contribution >= 4 is 15.9 Å². The highest BCUT2D eigenvalue weighted by atomic mass is 79.9. The standard InChI is InChI=1S/C10H18O3.C9H11BrO/c1-3-7-11-9(5-1)13-10-6-2-4-8-12-10;1-7(6-11)8-4-2-3-5-9(8)10/h9-10H,1-8H2;2-5,7,11H,6H2,1H3. The molecule has 2 saturated heterocycles. The van der Waals surface area contributed by atoms with Gasteiger partial charge in [0.25, 0.3) is 0 Å². The van der Waals surface area contributed by atoms with Crippen molar-refractivity contribution in [3.8, 4) is 0 Å². The van der Waals surface area contributed by atoms with Crippen molar-refractivity contribution in [2.24, 2.45) is 0 Å². The molecule has 0 bridgehead atoms. The van der Waals surface area contributed by atoms with Crippen molar-refractivity contribution in [1.82, 2.24) is 0 Å². The number of rotatable bonds is 4. The summed E-state index contributed by atoms with van der Waals surface area (Å²) in [4.78, 5) is 0. The molecule has 4 nitrogen and oxygen atoms in total. The van der Waals surface area contributed by atoms with E-state index in [-0.39, 0.29) is 25.1 Å². The summed E-state index contributed by atoms with van der Waals surface area (Å²) >= 11 is 3.43. The van der Waals surface area contributed by atoms with Crippen molar-refractivity contribution in [1.29, 1.82) is 0 Å². The van der Waals surface area contributed by atoms with Gasteiger partial charge in [0.2, 0.25) is 0 Å². The molecule has 0 radical (unpaired) electrons. The minimum absolute atomic E-state index is 0.00292. The smallest absolute Gasteiger partial charge is 0.160 e. The van der Waals surface area contributed by atoms with Crippen LogP contribution in [0.15, 0.2) is 28.7 Å². The van der Waals surface area contributed by atoms with Crippen LogP contribution in [-0.4, -0.2) is 37.5 Å². The minimum Gasteiger partial charge on any atom is -0.396 e. The summed E-state index contributed by atoms with van der Waals surface area (Å²) in [5.41, 5.74) is 1.16. The fourth-order valence-electron chi connectivity index (χ4n) is 2.78. The first-order valence-corrected chi connectivity index (χ1v) is 9.74. The molecule has 0 aromatic heterocycles. The van der Waals surface area contributed by atoms with Gasteiger partial charge in [-0.2, -0.15) is 0 Å². The van der Waals surface area contributed by atoms with E-state index in [0.717, 1.165) is 36.1 Å². The molecular formula is C19H29BrO4. The number of benzene rings is 1. The fraction of sp³-hybridized carbons (Fsp3) is 0.684. The van der Waals surface area contributed by atoms with E-state index in [9.17, 15) is 0 Å². The van der Waals surface area contributed by atoms with Crippen molar-refractivity contribution in [3.63, 3.8) is 0 Å². The van der Waals surface area contributed by atoms with Crippen LogP contribution in [0.3, 0.4) is 0 Å². The lowest BCUT2D eigenvalue weighted by molar-refractivity contribution is -0.264. The zero-order valence-electron chi connectivity index (χ0n) is 14.5. The lowest BCUT2D eigenvalue weighted by atomic mass is 10.0. The number of hydrogen-bond donors (Lipinski definition) is 1. The fourth-order valence-corrected chi connectivity index (χ4v) is 3.45. The van der Waals surface area contributed by atoms with Gasteiger partial charge in [-0.1, -0.05) is 41.1 Å². The molecule has 0 aliphatic carbocycles. The van der Waals surface area contributed by atoms with Crippen LogP contribution in [0.5, 0.6) is 0 Å². The quantitative estimate of drug-likeness (QED) is 0.801. The summed E-state index contributed by atoms with van der Waals surface area (Å²) in [5.74, 6) is 0.213. The van der Waals surface area contributed by atoms with Crippen molar-refractivity contribution in [2.45, 2.75) is 63.9 Å². The number of aliphatic hydroxyl groups excluding tert-OH is 1. The summed E-state index contributed by atoms with van der Waals surface area (Å²) in [7, 11) is 0. The van der Waals surface area contributed by atoms with Gasteiger partial charge < -0.3 is 19.3 Å². The van der Waals surface area contributed by atoms with Crippen molar-refractivity contribution in [3.05, 3.63) is 34.3 Å². The third-order valence-corrected chi connectivity index (χ3v) is 5.01. The number of hydrogen-bond acceptors (Lipinski definition) is 4. The molecular weight excluding hydrogens is 372 g/mol. The van der Waals surface area contributed by atoms with Gasteiger partial charge in [0.15, 0.2) is 12.6 Å². The highest BCUT2D eigenvalue weighted by molar-refractivity contribution is 9.10. The Bertz CT molecular complexity index is 440. The second kappa shape index (κ2) is 11.2. The van der Waals surface area contributed by atoms with E-state index in [2.05, 4.69) is 15.9 Å². The van der Waals surface area contributed by atoms with E-state index in [0.29, 0.717) is 0 Å². The van der Waals surface area contributed by atoms with Crippen LogP contribution >= 0.6 is 15.9 Å². The maximum Gasteiger partial charge on any atom is 0.160 e. The Labute approximate surface area is 153 Å². The van der Waals surface area contributed by atoms with Crippen LogP contribution in [0.1, 0.15) is 56.9 Å². The van der Waals surface area contributed by atoms with Gasteiger partial charge in [-0.25, -0.2) is 0 Å². The molecule has 0 amide bonds. The summed E-state index contributed by atoms with van der Waals surface area (Å²) in [6.07, 6.45) is 6.83. The Morgan fingerprint density at radius 2 is 1.67 bits per heavy atom. The Kier molecular flexibility index (Phi) is 9.28. The Hall–Kier alpha value is -0.460. The topological polar surface area (TPSA) is 47.9 Å². The molecule has 0 spiro atoms. The lowest BCUT2D eigenvalue weighted by Gasteiger charge is -2.29. The Morgan fingerprint density at radius 1 is 1.08 bits per heavy atom. The third kappa shape index (κ3) is 6.81. The van der Waals surface area contributed by atoms with Crippen LogP contribution in [0.25, 0.3) is 0 Å². The molecule has 1 N–H and O–H groups in total. The van der Waals surface area contributed by atoms with E-state index < -0.39 is 0 Å². The van der Waals surface area contributed by atoms with E-state index in [1.165, 1.54) is 25.7 Å². The first-order chi connectivity index (χ1) is 11.7. The van der Waals surface area contributed by atoms with Crippen LogP contribution in [-0.2, 0) is 14.2 Å². The monoisotopic (exact) mass is 400 g/mol. The molecule has 0 saturated carbocycles.